The molecule has 0 atom stereocenters. The van der Waals surface area contributed by atoms with Gasteiger partial charge in [0.2, 0.25) is 0 Å². The molecule has 3 aromatic heterocycles. The summed E-state index contributed by atoms with van der Waals surface area (Å²) in [4.78, 5) is 2.41. The molecular formula is C42H25N3S. The summed E-state index contributed by atoms with van der Waals surface area (Å²) in [6.45, 7) is 0. The van der Waals surface area contributed by atoms with E-state index in [4.69, 9.17) is 0 Å². The van der Waals surface area contributed by atoms with Crippen LogP contribution in [0.4, 0.5) is 17.1 Å². The Morgan fingerprint density at radius 3 is 1.89 bits per heavy atom. The second kappa shape index (κ2) is 8.87. The SMILES string of the molecule is c1ccc(N2c3ccccc3-n3c4cc5c(cc4c4cccc2c43)c2ccccc2n5-c2cccc3c2sc2ccccc23)cc1. The van der Waals surface area contributed by atoms with Gasteiger partial charge >= 0.3 is 0 Å². The number of nitrogens with zero attached hydrogens (tertiary/aromatic N) is 3. The number of rotatable bonds is 2. The fraction of sp³-hybridized carbons (Fsp3) is 0. The van der Waals surface area contributed by atoms with E-state index in [2.05, 4.69) is 166 Å². The molecular weight excluding hydrogens is 579 g/mol. The maximum absolute atomic E-state index is 2.50. The second-order valence-corrected chi connectivity index (χ2v) is 13.2. The number of aromatic nitrogens is 2. The highest BCUT2D eigenvalue weighted by Gasteiger charge is 2.29. The van der Waals surface area contributed by atoms with Crippen molar-refractivity contribution in [3.63, 3.8) is 0 Å². The zero-order valence-electron chi connectivity index (χ0n) is 24.7. The van der Waals surface area contributed by atoms with E-state index in [1.807, 2.05) is 11.3 Å². The molecule has 1 aliphatic rings. The third-order valence-electron chi connectivity index (χ3n) is 9.80. The van der Waals surface area contributed by atoms with Crippen molar-refractivity contribution in [3.8, 4) is 11.4 Å². The molecule has 0 saturated heterocycles. The Kier molecular flexibility index (Phi) is 4.72. The van der Waals surface area contributed by atoms with Crippen molar-refractivity contribution in [2.75, 3.05) is 4.90 Å². The van der Waals surface area contributed by atoms with Gasteiger partial charge in [-0.3, -0.25) is 0 Å². The molecule has 4 heteroatoms. The highest BCUT2D eigenvalue weighted by molar-refractivity contribution is 7.26. The molecule has 11 rings (SSSR count). The van der Waals surface area contributed by atoms with Crippen LogP contribution < -0.4 is 4.90 Å². The molecule has 0 unspecified atom stereocenters. The summed E-state index contributed by atoms with van der Waals surface area (Å²) >= 11 is 1.89. The summed E-state index contributed by atoms with van der Waals surface area (Å²) < 4.78 is 7.64. The van der Waals surface area contributed by atoms with Crippen LogP contribution in [0.15, 0.2) is 152 Å². The predicted octanol–water partition coefficient (Wildman–Crippen LogP) is 12.0. The Labute approximate surface area is 268 Å². The zero-order valence-corrected chi connectivity index (χ0v) is 25.5. The lowest BCUT2D eigenvalue weighted by atomic mass is 10.1. The first kappa shape index (κ1) is 24.5. The summed E-state index contributed by atoms with van der Waals surface area (Å²) in [5.74, 6) is 0. The van der Waals surface area contributed by atoms with Gasteiger partial charge in [-0.2, -0.15) is 0 Å². The molecule has 4 heterocycles. The standard InChI is InChI=1S/C42H25N3S/c1-2-12-26(13-3-1)43-34-19-7-8-20-35(34)45-39-25-38-31(24-32(39)29-16-10-21-36(43)41(29)45)27-14-4-6-18-33(27)44(38)37-22-11-17-30-28-15-5-9-23-40(28)46-42(30)37/h1-25H. The van der Waals surface area contributed by atoms with Crippen LogP contribution in [0.3, 0.4) is 0 Å². The van der Waals surface area contributed by atoms with Gasteiger partial charge < -0.3 is 14.0 Å². The first-order chi connectivity index (χ1) is 22.8. The van der Waals surface area contributed by atoms with Crippen LogP contribution >= 0.6 is 11.3 Å². The van der Waals surface area contributed by atoms with Gasteiger partial charge in [-0.1, -0.05) is 91.0 Å². The molecule has 10 aromatic rings. The molecule has 1 aliphatic heterocycles. The largest absolute Gasteiger partial charge is 0.308 e. The summed E-state index contributed by atoms with van der Waals surface area (Å²) in [6.07, 6.45) is 0. The first-order valence-electron chi connectivity index (χ1n) is 15.7. The van der Waals surface area contributed by atoms with Gasteiger partial charge in [-0.15, -0.1) is 11.3 Å². The summed E-state index contributed by atoms with van der Waals surface area (Å²) in [7, 11) is 0. The number of para-hydroxylation sites is 5. The Morgan fingerprint density at radius 2 is 1.00 bits per heavy atom. The van der Waals surface area contributed by atoms with Crippen LogP contribution in [0.2, 0.25) is 0 Å². The van der Waals surface area contributed by atoms with E-state index >= 15 is 0 Å². The number of hydrogen-bond donors (Lipinski definition) is 0. The fourth-order valence-corrected chi connectivity index (χ4v) is 9.14. The summed E-state index contributed by atoms with van der Waals surface area (Å²) in [5, 5.41) is 7.73. The van der Waals surface area contributed by atoms with Gasteiger partial charge in [-0.25, -0.2) is 0 Å². The highest BCUT2D eigenvalue weighted by atomic mass is 32.1. The second-order valence-electron chi connectivity index (χ2n) is 12.2. The van der Waals surface area contributed by atoms with Crippen LogP contribution in [0.1, 0.15) is 0 Å². The van der Waals surface area contributed by atoms with Crippen molar-refractivity contribution in [2.45, 2.75) is 0 Å². The van der Waals surface area contributed by atoms with Gasteiger partial charge in [0.1, 0.15) is 0 Å². The third-order valence-corrected chi connectivity index (χ3v) is 11.0. The minimum atomic E-state index is 1.16. The van der Waals surface area contributed by atoms with Crippen LogP contribution in [-0.2, 0) is 0 Å². The number of fused-ring (bicyclic) bond motifs is 11. The van der Waals surface area contributed by atoms with Crippen LogP contribution in [0.5, 0.6) is 0 Å². The third kappa shape index (κ3) is 3.06. The van der Waals surface area contributed by atoms with Crippen LogP contribution in [-0.4, -0.2) is 9.13 Å². The Bertz CT molecular complexity index is 2870. The van der Waals surface area contributed by atoms with Gasteiger partial charge in [-0.05, 0) is 60.7 Å². The fourth-order valence-electron chi connectivity index (χ4n) is 7.93. The summed E-state index contributed by atoms with van der Waals surface area (Å²) in [5.41, 5.74) is 10.9. The normalized spacial score (nSPS) is 12.7. The van der Waals surface area contributed by atoms with E-state index in [1.165, 1.54) is 86.5 Å². The van der Waals surface area contributed by atoms with E-state index in [-0.39, 0.29) is 0 Å². The molecule has 0 radical (unpaired) electrons. The average Bonchev–Trinajstić information content (AvgIpc) is 3.76. The molecule has 3 nitrogen and oxygen atoms in total. The van der Waals surface area contributed by atoms with Gasteiger partial charge in [0.25, 0.3) is 0 Å². The molecule has 214 valence electrons. The predicted molar refractivity (Wildman–Crippen MR) is 196 cm³/mol. The molecule has 0 spiro atoms. The van der Waals surface area contributed by atoms with E-state index < -0.39 is 0 Å². The van der Waals surface area contributed by atoms with Crippen molar-refractivity contribution in [1.29, 1.82) is 0 Å². The smallest absolute Gasteiger partial charge is 0.0783 e. The van der Waals surface area contributed by atoms with Crippen molar-refractivity contribution >= 4 is 92.2 Å². The van der Waals surface area contributed by atoms with Crippen molar-refractivity contribution in [2.24, 2.45) is 0 Å². The lowest BCUT2D eigenvalue weighted by Crippen LogP contribution is -2.17. The molecule has 0 fully saturated rings. The maximum Gasteiger partial charge on any atom is 0.0783 e. The number of anilines is 3. The first-order valence-corrected chi connectivity index (χ1v) is 16.5. The van der Waals surface area contributed by atoms with Gasteiger partial charge in [0.05, 0.1) is 49.5 Å². The molecule has 7 aromatic carbocycles. The van der Waals surface area contributed by atoms with E-state index in [0.717, 1.165) is 5.69 Å². The minimum absolute atomic E-state index is 1.16. The van der Waals surface area contributed by atoms with Gasteiger partial charge in [0, 0.05) is 42.7 Å². The minimum Gasteiger partial charge on any atom is -0.308 e. The zero-order chi connectivity index (χ0) is 29.9. The molecule has 0 N–H and O–H groups in total. The molecule has 0 amide bonds. The molecule has 0 aliphatic carbocycles. The monoisotopic (exact) mass is 603 g/mol. The van der Waals surface area contributed by atoms with Crippen molar-refractivity contribution in [3.05, 3.63) is 152 Å². The van der Waals surface area contributed by atoms with Crippen LogP contribution in [0.25, 0.3) is 75.2 Å². The quantitative estimate of drug-likeness (QED) is 0.192. The Morgan fingerprint density at radius 1 is 0.370 bits per heavy atom. The van der Waals surface area contributed by atoms with Gasteiger partial charge in [0.15, 0.2) is 0 Å². The summed E-state index contributed by atoms with van der Waals surface area (Å²) in [6, 6.07) is 55.6. The van der Waals surface area contributed by atoms with E-state index in [9.17, 15) is 0 Å². The molecule has 0 saturated carbocycles. The molecule has 46 heavy (non-hydrogen) atoms. The Balaban J connectivity index is 1.30. The lowest BCUT2D eigenvalue weighted by molar-refractivity contribution is 1.11. The topological polar surface area (TPSA) is 13.1 Å². The van der Waals surface area contributed by atoms with E-state index in [0.29, 0.717) is 0 Å². The highest BCUT2D eigenvalue weighted by Crippen LogP contribution is 2.50. The average molecular weight is 604 g/mol. The van der Waals surface area contributed by atoms with E-state index in [1.54, 1.807) is 0 Å². The number of benzene rings is 7. The number of thiophene rings is 1. The maximum atomic E-state index is 2.50. The molecule has 0 bridgehead atoms. The lowest BCUT2D eigenvalue weighted by Gasteiger charge is -2.33. The van der Waals surface area contributed by atoms with Crippen LogP contribution in [0, 0.1) is 0 Å². The van der Waals surface area contributed by atoms with Crippen molar-refractivity contribution < 1.29 is 0 Å². The number of hydrogen-bond acceptors (Lipinski definition) is 2. The van der Waals surface area contributed by atoms with Crippen molar-refractivity contribution in [1.82, 2.24) is 9.13 Å². The Hall–Kier alpha value is -5.84.